The van der Waals surface area contributed by atoms with Crippen LogP contribution in [-0.2, 0) is 4.74 Å². The maximum absolute atomic E-state index is 12.9. The van der Waals surface area contributed by atoms with Crippen LogP contribution in [-0.4, -0.2) is 50.0 Å². The number of rotatable bonds is 5. The van der Waals surface area contributed by atoms with Crippen LogP contribution in [0.15, 0.2) is 75.9 Å². The molecule has 10 nitrogen and oxygen atoms in total. The maximum Gasteiger partial charge on any atom is 0.204 e. The van der Waals surface area contributed by atoms with E-state index in [1.807, 2.05) is 45.5 Å². The average molecular weight is 568 g/mol. The molecular formula is C28H21N7O3S2. The third kappa shape index (κ3) is 3.96. The Labute approximate surface area is 234 Å². The predicted octanol–water partition coefficient (Wildman–Crippen LogP) is 5.75. The van der Waals surface area contributed by atoms with Crippen LogP contribution in [0.2, 0.25) is 0 Å². The number of nitrogens with one attached hydrogen (secondary N) is 2. The van der Waals surface area contributed by atoms with Crippen molar-refractivity contribution in [3.05, 3.63) is 76.9 Å². The molecule has 1 aliphatic heterocycles. The number of hydrogen-bond donors (Lipinski definition) is 2. The van der Waals surface area contributed by atoms with Gasteiger partial charge >= 0.3 is 0 Å². The Morgan fingerprint density at radius 1 is 1.07 bits per heavy atom. The molecule has 0 radical (unpaired) electrons. The lowest BCUT2D eigenvalue weighted by molar-refractivity contribution is 0.121. The molecule has 2 N–H and O–H groups in total. The quantitative estimate of drug-likeness (QED) is 0.270. The summed E-state index contributed by atoms with van der Waals surface area (Å²) in [5.41, 5.74) is 3.91. The zero-order valence-corrected chi connectivity index (χ0v) is 22.6. The predicted molar refractivity (Wildman–Crippen MR) is 158 cm³/mol. The van der Waals surface area contributed by atoms with Crippen LogP contribution in [0.4, 0.5) is 17.5 Å². The van der Waals surface area contributed by atoms with E-state index in [1.54, 1.807) is 12.3 Å². The van der Waals surface area contributed by atoms with Gasteiger partial charge in [0, 0.05) is 72.7 Å². The monoisotopic (exact) mass is 567 g/mol. The van der Waals surface area contributed by atoms with Crippen molar-refractivity contribution >= 4 is 67.1 Å². The number of benzene rings is 1. The molecule has 1 saturated heterocycles. The van der Waals surface area contributed by atoms with Crippen LogP contribution >= 0.6 is 22.9 Å². The van der Waals surface area contributed by atoms with E-state index < -0.39 is 0 Å². The Morgan fingerprint density at radius 2 is 1.98 bits per heavy atom. The molecule has 0 spiro atoms. The lowest BCUT2D eigenvalue weighted by Gasteiger charge is -2.27. The molecule has 0 saturated carbocycles. The maximum atomic E-state index is 12.9. The molecule has 1 aliphatic rings. The number of nitrogens with zero attached hydrogens (tertiary/aromatic N) is 5. The molecule has 198 valence electrons. The third-order valence-corrected chi connectivity index (χ3v) is 8.81. The minimum absolute atomic E-state index is 0.0394. The second-order valence-corrected chi connectivity index (χ2v) is 11.2. The van der Waals surface area contributed by atoms with Gasteiger partial charge in [0.05, 0.1) is 23.8 Å². The summed E-state index contributed by atoms with van der Waals surface area (Å²) in [7, 11) is 0. The first-order valence-electron chi connectivity index (χ1n) is 12.7. The number of aromatic nitrogens is 5. The van der Waals surface area contributed by atoms with E-state index in [4.69, 9.17) is 14.1 Å². The SMILES string of the molecule is O=c1cc(N2CCOCC2)oc2c(-c3cc(Nc4nc(-c5ccc6c[nH]cc6c5)cn5ccnc45)ns3)csc12. The van der Waals surface area contributed by atoms with Gasteiger partial charge in [-0.25, -0.2) is 9.97 Å². The smallest absolute Gasteiger partial charge is 0.204 e. The number of thiophene rings is 1. The number of ether oxygens (including phenoxy) is 1. The summed E-state index contributed by atoms with van der Waals surface area (Å²) < 4.78 is 18.9. The van der Waals surface area contributed by atoms with Crippen LogP contribution in [0.3, 0.4) is 0 Å². The third-order valence-electron chi connectivity index (χ3n) is 7.01. The molecule has 0 bridgehead atoms. The molecule has 1 fully saturated rings. The highest BCUT2D eigenvalue weighted by molar-refractivity contribution is 7.18. The van der Waals surface area contributed by atoms with Gasteiger partial charge in [-0.15, -0.1) is 11.3 Å². The summed E-state index contributed by atoms with van der Waals surface area (Å²) in [6.45, 7) is 2.61. The van der Waals surface area contributed by atoms with Crippen LogP contribution in [0.5, 0.6) is 0 Å². The highest BCUT2D eigenvalue weighted by Crippen LogP contribution is 2.38. The minimum Gasteiger partial charge on any atom is -0.439 e. The van der Waals surface area contributed by atoms with Gasteiger partial charge in [-0.05, 0) is 28.4 Å². The lowest BCUT2D eigenvalue weighted by atomic mass is 10.1. The molecule has 0 aliphatic carbocycles. The number of fused-ring (bicyclic) bond motifs is 3. The molecule has 12 heteroatoms. The number of hydrogen-bond acceptors (Lipinski definition) is 10. The number of H-pyrrole nitrogens is 1. The van der Waals surface area contributed by atoms with Crippen molar-refractivity contribution in [3.8, 4) is 21.7 Å². The Morgan fingerprint density at radius 3 is 2.90 bits per heavy atom. The van der Waals surface area contributed by atoms with E-state index in [0.717, 1.165) is 32.5 Å². The summed E-state index contributed by atoms with van der Waals surface area (Å²) in [5, 5.41) is 7.59. The molecule has 40 heavy (non-hydrogen) atoms. The van der Waals surface area contributed by atoms with Crippen LogP contribution in [0.25, 0.3) is 48.4 Å². The van der Waals surface area contributed by atoms with Crippen molar-refractivity contribution in [2.75, 3.05) is 36.5 Å². The normalized spacial score (nSPS) is 14.1. The van der Waals surface area contributed by atoms with Crippen LogP contribution in [0, 0.1) is 0 Å². The van der Waals surface area contributed by atoms with E-state index in [9.17, 15) is 4.79 Å². The molecular weight excluding hydrogens is 546 g/mol. The number of imidazole rings is 1. The van der Waals surface area contributed by atoms with Gasteiger partial charge in [0.25, 0.3) is 0 Å². The highest BCUT2D eigenvalue weighted by Gasteiger charge is 2.20. The van der Waals surface area contributed by atoms with E-state index >= 15 is 0 Å². The molecule has 7 aromatic rings. The first-order chi connectivity index (χ1) is 19.7. The van der Waals surface area contributed by atoms with Crippen molar-refractivity contribution in [2.24, 2.45) is 0 Å². The van der Waals surface area contributed by atoms with Gasteiger partial charge in [0.15, 0.2) is 22.9 Å². The van der Waals surface area contributed by atoms with Crippen molar-refractivity contribution in [2.45, 2.75) is 0 Å². The van der Waals surface area contributed by atoms with Crippen molar-refractivity contribution in [1.82, 2.24) is 23.7 Å². The molecule has 0 atom stereocenters. The molecule has 8 rings (SSSR count). The Kier molecular flexibility index (Phi) is 5.43. The summed E-state index contributed by atoms with van der Waals surface area (Å²) in [6.07, 6.45) is 9.58. The standard InChI is InChI=1S/C28H21N7O3S2/c36-21-10-24(34-5-7-37-8-6-34)38-25-19(15-39-26(21)25)22-11-23(33-40-22)32-27-28-30-3-4-35(28)14-20(31-27)16-1-2-17-12-29-13-18(17)9-16/h1-4,9-15,29H,5-8H2,(H,31,32,33). The van der Waals surface area contributed by atoms with E-state index in [1.165, 1.54) is 22.9 Å². The fourth-order valence-electron chi connectivity index (χ4n) is 4.99. The van der Waals surface area contributed by atoms with E-state index in [0.29, 0.717) is 59.8 Å². The fourth-order valence-corrected chi connectivity index (χ4v) is 6.68. The summed E-state index contributed by atoms with van der Waals surface area (Å²) in [4.78, 5) is 28.4. The van der Waals surface area contributed by atoms with Gasteiger partial charge in [-0.3, -0.25) is 4.79 Å². The minimum atomic E-state index is -0.0394. The summed E-state index contributed by atoms with van der Waals surface area (Å²) in [6, 6.07) is 9.78. The second kappa shape index (κ2) is 9.30. The molecule has 6 aromatic heterocycles. The van der Waals surface area contributed by atoms with Crippen LogP contribution in [0.1, 0.15) is 0 Å². The van der Waals surface area contributed by atoms with Crippen molar-refractivity contribution in [1.29, 1.82) is 0 Å². The Hall–Kier alpha value is -4.52. The number of anilines is 3. The Bertz CT molecular complexity index is 2080. The molecule has 0 amide bonds. The first-order valence-corrected chi connectivity index (χ1v) is 14.4. The second-order valence-electron chi connectivity index (χ2n) is 9.49. The molecule has 0 unspecified atom stereocenters. The molecule has 1 aromatic carbocycles. The topological polar surface area (TPSA) is 114 Å². The lowest BCUT2D eigenvalue weighted by Crippen LogP contribution is -2.36. The van der Waals surface area contributed by atoms with Crippen molar-refractivity contribution in [3.63, 3.8) is 0 Å². The summed E-state index contributed by atoms with van der Waals surface area (Å²) in [5.74, 6) is 1.82. The van der Waals surface area contributed by atoms with Gasteiger partial charge in [0.2, 0.25) is 5.43 Å². The van der Waals surface area contributed by atoms with E-state index in [2.05, 4.69) is 37.9 Å². The van der Waals surface area contributed by atoms with Crippen LogP contribution < -0.4 is 15.6 Å². The number of morpholine rings is 1. The largest absolute Gasteiger partial charge is 0.439 e. The Balaban J connectivity index is 1.15. The van der Waals surface area contributed by atoms with Gasteiger partial charge in [-0.2, -0.15) is 4.37 Å². The summed E-state index contributed by atoms with van der Waals surface area (Å²) >= 11 is 2.73. The fraction of sp³-hybridized carbons (Fsp3) is 0.143. The van der Waals surface area contributed by atoms with Gasteiger partial charge in [-0.1, -0.05) is 12.1 Å². The highest BCUT2D eigenvalue weighted by atomic mass is 32.1. The zero-order chi connectivity index (χ0) is 26.6. The zero-order valence-electron chi connectivity index (χ0n) is 21.0. The van der Waals surface area contributed by atoms with Gasteiger partial charge < -0.3 is 28.8 Å². The van der Waals surface area contributed by atoms with Crippen molar-refractivity contribution < 1.29 is 9.15 Å². The number of aromatic amines is 1. The van der Waals surface area contributed by atoms with Gasteiger partial charge in [0.1, 0.15) is 10.5 Å². The first kappa shape index (κ1) is 23.4. The average Bonchev–Trinajstić information content (AvgIpc) is 3.79. The molecule has 7 heterocycles. The van der Waals surface area contributed by atoms with E-state index in [-0.39, 0.29) is 5.43 Å².